The summed E-state index contributed by atoms with van der Waals surface area (Å²) in [6.45, 7) is -0.444. The van der Waals surface area contributed by atoms with Crippen LogP contribution in [0.3, 0.4) is 0 Å². The smallest absolute Gasteiger partial charge is 0.324 e. The molecule has 2 aromatic rings. The molecule has 1 N–H and O–H groups in total. The van der Waals surface area contributed by atoms with E-state index in [2.05, 4.69) is 10.4 Å². The Hall–Kier alpha value is -2.45. The number of carbonyl (C=O) groups excluding carboxylic acids is 1. The van der Waals surface area contributed by atoms with E-state index in [9.17, 15) is 26.7 Å². The van der Waals surface area contributed by atoms with Crippen LogP contribution in [0.2, 0.25) is 0 Å². The van der Waals surface area contributed by atoms with Crippen molar-refractivity contribution in [2.24, 2.45) is 0 Å². The second-order valence-electron chi connectivity index (χ2n) is 5.56. The number of amides is 1. The van der Waals surface area contributed by atoms with Gasteiger partial charge < -0.3 is 5.32 Å². The van der Waals surface area contributed by atoms with Crippen LogP contribution in [-0.2, 0) is 17.5 Å². The molecule has 24 heavy (non-hydrogen) atoms. The standard InChI is InChI=1S/C15H12F5N3O/c16-10-4-3-9(5-11(10)17)21-14(24)7-23-12(8-1-2-8)6-13(22-23)15(18,19)20/h3-6,8H,1-2,7H2,(H,21,24). The zero-order valence-corrected chi connectivity index (χ0v) is 12.2. The Kier molecular flexibility index (Phi) is 4.02. The van der Waals surface area contributed by atoms with E-state index < -0.39 is 36.0 Å². The molecule has 9 heteroatoms. The van der Waals surface area contributed by atoms with Gasteiger partial charge in [-0.05, 0) is 31.0 Å². The van der Waals surface area contributed by atoms with Crippen molar-refractivity contribution in [2.45, 2.75) is 31.5 Å². The fraction of sp³-hybridized carbons (Fsp3) is 0.333. The maximum Gasteiger partial charge on any atom is 0.435 e. The van der Waals surface area contributed by atoms with Crippen molar-refractivity contribution in [1.29, 1.82) is 0 Å². The molecule has 0 unspecified atom stereocenters. The summed E-state index contributed by atoms with van der Waals surface area (Å²) in [6, 6.07) is 3.74. The zero-order valence-electron chi connectivity index (χ0n) is 12.2. The summed E-state index contributed by atoms with van der Waals surface area (Å²) in [5, 5.41) is 5.76. The number of alkyl halides is 3. The number of anilines is 1. The highest BCUT2D eigenvalue weighted by Crippen LogP contribution is 2.42. The van der Waals surface area contributed by atoms with Gasteiger partial charge in [0.15, 0.2) is 17.3 Å². The highest BCUT2D eigenvalue weighted by atomic mass is 19.4. The minimum absolute atomic E-state index is 0.00933. The molecule has 0 radical (unpaired) electrons. The molecule has 0 atom stereocenters. The maximum absolute atomic E-state index is 13.1. The quantitative estimate of drug-likeness (QED) is 0.859. The van der Waals surface area contributed by atoms with Gasteiger partial charge in [0.25, 0.3) is 0 Å². The fourth-order valence-corrected chi connectivity index (χ4v) is 2.31. The molecule has 0 spiro atoms. The summed E-state index contributed by atoms with van der Waals surface area (Å²) < 4.78 is 65.3. The van der Waals surface area contributed by atoms with Crippen LogP contribution < -0.4 is 5.32 Å². The molecule has 0 aliphatic heterocycles. The van der Waals surface area contributed by atoms with E-state index in [0.717, 1.165) is 41.8 Å². The summed E-state index contributed by atoms with van der Waals surface area (Å²) in [5.74, 6) is -2.92. The molecule has 128 valence electrons. The van der Waals surface area contributed by atoms with Crippen molar-refractivity contribution in [3.05, 3.63) is 47.3 Å². The van der Waals surface area contributed by atoms with Gasteiger partial charge in [0.1, 0.15) is 6.54 Å². The van der Waals surface area contributed by atoms with Crippen LogP contribution >= 0.6 is 0 Å². The van der Waals surface area contributed by atoms with Crippen LogP contribution in [0.15, 0.2) is 24.3 Å². The fourth-order valence-electron chi connectivity index (χ4n) is 2.31. The Morgan fingerprint density at radius 1 is 1.21 bits per heavy atom. The van der Waals surface area contributed by atoms with Crippen molar-refractivity contribution in [2.75, 3.05) is 5.32 Å². The number of rotatable bonds is 4. The Balaban J connectivity index is 1.76. The molecule has 0 bridgehead atoms. The number of halogens is 5. The molecular formula is C15H12F5N3O. The number of benzene rings is 1. The first-order valence-corrected chi connectivity index (χ1v) is 7.14. The normalized spacial score (nSPS) is 14.7. The first kappa shape index (κ1) is 16.4. The van der Waals surface area contributed by atoms with Crippen molar-refractivity contribution in [1.82, 2.24) is 9.78 Å². The van der Waals surface area contributed by atoms with Gasteiger partial charge >= 0.3 is 6.18 Å². The second kappa shape index (κ2) is 5.88. The van der Waals surface area contributed by atoms with E-state index in [1.165, 1.54) is 0 Å². The van der Waals surface area contributed by atoms with Gasteiger partial charge in [-0.25, -0.2) is 8.78 Å². The molecule has 1 aliphatic carbocycles. The van der Waals surface area contributed by atoms with Crippen LogP contribution in [0.25, 0.3) is 0 Å². The minimum atomic E-state index is -4.59. The minimum Gasteiger partial charge on any atom is -0.324 e. The van der Waals surface area contributed by atoms with Gasteiger partial charge in [-0.1, -0.05) is 0 Å². The predicted molar refractivity (Wildman–Crippen MR) is 74.2 cm³/mol. The van der Waals surface area contributed by atoms with Gasteiger partial charge in [-0.2, -0.15) is 18.3 Å². The average molecular weight is 345 g/mol. The molecular weight excluding hydrogens is 333 g/mol. The van der Waals surface area contributed by atoms with Crippen molar-refractivity contribution in [3.8, 4) is 0 Å². The highest BCUT2D eigenvalue weighted by Gasteiger charge is 2.38. The van der Waals surface area contributed by atoms with Crippen LogP contribution in [0.5, 0.6) is 0 Å². The molecule has 1 aromatic carbocycles. The molecule has 1 fully saturated rings. The van der Waals surface area contributed by atoms with Gasteiger partial charge in [0, 0.05) is 23.4 Å². The second-order valence-corrected chi connectivity index (χ2v) is 5.56. The number of nitrogens with zero attached hydrogens (tertiary/aromatic N) is 2. The molecule has 1 amide bonds. The number of carbonyl (C=O) groups is 1. The Labute approximate surface area is 133 Å². The number of aromatic nitrogens is 2. The van der Waals surface area contributed by atoms with Crippen molar-refractivity contribution < 1.29 is 26.7 Å². The number of hydrogen-bond acceptors (Lipinski definition) is 2. The average Bonchev–Trinajstić information content (AvgIpc) is 3.23. The summed E-state index contributed by atoms with van der Waals surface area (Å²) in [4.78, 5) is 12.0. The van der Waals surface area contributed by atoms with Crippen molar-refractivity contribution >= 4 is 11.6 Å². The third-order valence-corrected chi connectivity index (χ3v) is 3.59. The lowest BCUT2D eigenvalue weighted by molar-refractivity contribution is -0.141. The Bertz CT molecular complexity index is 780. The lowest BCUT2D eigenvalue weighted by Gasteiger charge is -2.08. The third kappa shape index (κ3) is 3.55. The van der Waals surface area contributed by atoms with Gasteiger partial charge in [0.05, 0.1) is 0 Å². The summed E-state index contributed by atoms with van der Waals surface area (Å²) in [6.07, 6.45) is -3.10. The van der Waals surface area contributed by atoms with E-state index in [1.807, 2.05) is 0 Å². The number of nitrogens with one attached hydrogen (secondary N) is 1. The SMILES string of the molecule is O=C(Cn1nc(C(F)(F)F)cc1C1CC1)Nc1ccc(F)c(F)c1. The van der Waals surface area contributed by atoms with E-state index in [1.54, 1.807) is 0 Å². The Morgan fingerprint density at radius 3 is 2.50 bits per heavy atom. The van der Waals surface area contributed by atoms with E-state index in [0.29, 0.717) is 5.69 Å². The first-order chi connectivity index (χ1) is 11.2. The van der Waals surface area contributed by atoms with E-state index >= 15 is 0 Å². The Morgan fingerprint density at radius 2 is 1.92 bits per heavy atom. The van der Waals surface area contributed by atoms with Gasteiger partial charge in [0.2, 0.25) is 5.91 Å². The van der Waals surface area contributed by atoms with Crippen LogP contribution in [0.1, 0.15) is 30.1 Å². The molecule has 1 saturated carbocycles. The summed E-state index contributed by atoms with van der Waals surface area (Å²) in [7, 11) is 0. The van der Waals surface area contributed by atoms with Gasteiger partial charge in [-0.3, -0.25) is 9.48 Å². The summed E-state index contributed by atoms with van der Waals surface area (Å²) >= 11 is 0. The largest absolute Gasteiger partial charge is 0.435 e. The molecule has 1 aromatic heterocycles. The van der Waals surface area contributed by atoms with E-state index in [-0.39, 0.29) is 11.6 Å². The monoisotopic (exact) mass is 345 g/mol. The van der Waals surface area contributed by atoms with Crippen LogP contribution in [0, 0.1) is 11.6 Å². The lowest BCUT2D eigenvalue weighted by Crippen LogP contribution is -2.21. The molecule has 1 aliphatic rings. The topological polar surface area (TPSA) is 46.9 Å². The molecule has 1 heterocycles. The number of hydrogen-bond donors (Lipinski definition) is 1. The summed E-state index contributed by atoms with van der Waals surface area (Å²) in [5.41, 5.74) is -0.692. The molecule has 4 nitrogen and oxygen atoms in total. The lowest BCUT2D eigenvalue weighted by atomic mass is 10.2. The van der Waals surface area contributed by atoms with Crippen molar-refractivity contribution in [3.63, 3.8) is 0 Å². The highest BCUT2D eigenvalue weighted by molar-refractivity contribution is 5.90. The van der Waals surface area contributed by atoms with Crippen LogP contribution in [-0.4, -0.2) is 15.7 Å². The third-order valence-electron chi connectivity index (χ3n) is 3.59. The molecule has 3 rings (SSSR count). The zero-order chi connectivity index (χ0) is 17.5. The predicted octanol–water partition coefficient (Wildman–Crippen LogP) is 3.70. The van der Waals surface area contributed by atoms with E-state index in [4.69, 9.17) is 0 Å². The maximum atomic E-state index is 13.1. The first-order valence-electron chi connectivity index (χ1n) is 7.14. The van der Waals surface area contributed by atoms with Gasteiger partial charge in [-0.15, -0.1) is 0 Å². The van der Waals surface area contributed by atoms with Crippen LogP contribution in [0.4, 0.5) is 27.6 Å². The molecule has 0 saturated heterocycles.